The van der Waals surface area contributed by atoms with Gasteiger partial charge >= 0.3 is 0 Å². The van der Waals surface area contributed by atoms with Crippen LogP contribution in [0.25, 0.3) is 0 Å². The molecule has 0 bridgehead atoms. The predicted octanol–water partition coefficient (Wildman–Crippen LogP) is 3.51. The average Bonchev–Trinajstić information content (AvgIpc) is 2.49. The SMILES string of the molecule is O=C(CCNCc1cccnc1)Nc1cccc(Cl)c1Cl. The molecule has 0 spiro atoms. The lowest BCUT2D eigenvalue weighted by atomic mass is 10.2. The number of nitrogens with one attached hydrogen (secondary N) is 2. The molecule has 21 heavy (non-hydrogen) atoms. The molecule has 1 aromatic carbocycles. The van der Waals surface area contributed by atoms with Gasteiger partial charge in [0.1, 0.15) is 0 Å². The molecule has 0 saturated heterocycles. The molecule has 110 valence electrons. The van der Waals surface area contributed by atoms with Gasteiger partial charge in [0.15, 0.2) is 0 Å². The van der Waals surface area contributed by atoms with E-state index in [4.69, 9.17) is 23.2 Å². The van der Waals surface area contributed by atoms with Crippen molar-refractivity contribution in [2.75, 3.05) is 11.9 Å². The number of halogens is 2. The largest absolute Gasteiger partial charge is 0.325 e. The molecule has 1 heterocycles. The van der Waals surface area contributed by atoms with E-state index in [1.54, 1.807) is 30.6 Å². The van der Waals surface area contributed by atoms with E-state index in [2.05, 4.69) is 15.6 Å². The summed E-state index contributed by atoms with van der Waals surface area (Å²) in [4.78, 5) is 15.8. The highest BCUT2D eigenvalue weighted by Crippen LogP contribution is 2.29. The first kappa shape index (κ1) is 15.8. The van der Waals surface area contributed by atoms with Gasteiger partial charge < -0.3 is 10.6 Å². The molecule has 1 aromatic heterocycles. The highest BCUT2D eigenvalue weighted by atomic mass is 35.5. The number of hydrogen-bond donors (Lipinski definition) is 2. The summed E-state index contributed by atoms with van der Waals surface area (Å²) in [5.41, 5.74) is 1.61. The second-order valence-corrected chi connectivity index (χ2v) is 5.22. The minimum atomic E-state index is -0.113. The molecule has 0 aliphatic carbocycles. The maximum atomic E-state index is 11.8. The maximum absolute atomic E-state index is 11.8. The lowest BCUT2D eigenvalue weighted by Gasteiger charge is -2.08. The number of rotatable bonds is 6. The van der Waals surface area contributed by atoms with Gasteiger partial charge in [-0.05, 0) is 23.8 Å². The molecule has 0 fully saturated rings. The normalized spacial score (nSPS) is 10.4. The Kier molecular flexibility index (Phi) is 5.99. The number of nitrogens with zero attached hydrogens (tertiary/aromatic N) is 1. The number of carbonyl (C=O) groups excluding carboxylic acids is 1. The number of carbonyl (C=O) groups is 1. The van der Waals surface area contributed by atoms with Crippen molar-refractivity contribution in [2.24, 2.45) is 0 Å². The molecule has 2 N–H and O–H groups in total. The fourth-order valence-corrected chi connectivity index (χ4v) is 2.10. The van der Waals surface area contributed by atoms with Gasteiger partial charge in [0, 0.05) is 31.9 Å². The van der Waals surface area contributed by atoms with Crippen LogP contribution in [0.5, 0.6) is 0 Å². The van der Waals surface area contributed by atoms with Crippen LogP contribution in [0, 0.1) is 0 Å². The van der Waals surface area contributed by atoms with E-state index in [1.807, 2.05) is 12.1 Å². The lowest BCUT2D eigenvalue weighted by Crippen LogP contribution is -2.21. The number of anilines is 1. The third-order valence-electron chi connectivity index (χ3n) is 2.81. The van der Waals surface area contributed by atoms with Crippen molar-refractivity contribution in [2.45, 2.75) is 13.0 Å². The maximum Gasteiger partial charge on any atom is 0.225 e. The molecule has 6 heteroatoms. The smallest absolute Gasteiger partial charge is 0.225 e. The molecule has 0 atom stereocenters. The zero-order chi connectivity index (χ0) is 15.1. The van der Waals surface area contributed by atoms with Gasteiger partial charge in [-0.15, -0.1) is 0 Å². The first-order valence-electron chi connectivity index (χ1n) is 6.50. The van der Waals surface area contributed by atoms with Crippen LogP contribution >= 0.6 is 23.2 Å². The van der Waals surface area contributed by atoms with Crippen molar-refractivity contribution >= 4 is 34.8 Å². The van der Waals surface area contributed by atoms with Crippen molar-refractivity contribution in [3.05, 3.63) is 58.3 Å². The minimum Gasteiger partial charge on any atom is -0.325 e. The summed E-state index contributed by atoms with van der Waals surface area (Å²) in [5, 5.41) is 6.70. The zero-order valence-corrected chi connectivity index (χ0v) is 12.8. The molecule has 2 aromatic rings. The van der Waals surface area contributed by atoms with Crippen LogP contribution in [0.3, 0.4) is 0 Å². The summed E-state index contributed by atoms with van der Waals surface area (Å²) < 4.78 is 0. The van der Waals surface area contributed by atoms with E-state index in [9.17, 15) is 4.79 Å². The Labute approximate surface area is 133 Å². The van der Waals surface area contributed by atoms with E-state index < -0.39 is 0 Å². The Morgan fingerprint density at radius 2 is 2.05 bits per heavy atom. The van der Waals surface area contributed by atoms with E-state index >= 15 is 0 Å². The van der Waals surface area contributed by atoms with Gasteiger partial charge in [-0.25, -0.2) is 0 Å². The van der Waals surface area contributed by atoms with Gasteiger partial charge in [0.2, 0.25) is 5.91 Å². The molecule has 0 unspecified atom stereocenters. The summed E-state index contributed by atoms with van der Waals surface area (Å²) in [6, 6.07) is 8.99. The third-order valence-corrected chi connectivity index (χ3v) is 3.63. The van der Waals surface area contributed by atoms with Gasteiger partial charge in [0.25, 0.3) is 0 Å². The minimum absolute atomic E-state index is 0.113. The van der Waals surface area contributed by atoms with Crippen LogP contribution in [0.1, 0.15) is 12.0 Å². The van der Waals surface area contributed by atoms with Crippen molar-refractivity contribution in [1.82, 2.24) is 10.3 Å². The topological polar surface area (TPSA) is 54.0 Å². The second kappa shape index (κ2) is 7.98. The Bertz CT molecular complexity index is 605. The average molecular weight is 324 g/mol. The molecule has 0 saturated carbocycles. The van der Waals surface area contributed by atoms with Crippen molar-refractivity contribution in [3.63, 3.8) is 0 Å². The van der Waals surface area contributed by atoms with E-state index in [-0.39, 0.29) is 5.91 Å². The number of aromatic nitrogens is 1. The highest BCUT2D eigenvalue weighted by molar-refractivity contribution is 6.43. The molecule has 0 aliphatic heterocycles. The van der Waals surface area contributed by atoms with Gasteiger partial charge in [-0.1, -0.05) is 35.3 Å². The fraction of sp³-hybridized carbons (Fsp3) is 0.200. The molecular formula is C15H15Cl2N3O. The van der Waals surface area contributed by atoms with Crippen LogP contribution in [0.15, 0.2) is 42.7 Å². The highest BCUT2D eigenvalue weighted by Gasteiger charge is 2.07. The van der Waals surface area contributed by atoms with E-state index in [0.29, 0.717) is 35.2 Å². The van der Waals surface area contributed by atoms with Crippen molar-refractivity contribution < 1.29 is 4.79 Å². The summed E-state index contributed by atoms with van der Waals surface area (Å²) in [7, 11) is 0. The van der Waals surface area contributed by atoms with Crippen LogP contribution in [-0.2, 0) is 11.3 Å². The fourth-order valence-electron chi connectivity index (χ4n) is 1.75. The predicted molar refractivity (Wildman–Crippen MR) is 85.7 cm³/mol. The molecule has 4 nitrogen and oxygen atoms in total. The lowest BCUT2D eigenvalue weighted by molar-refractivity contribution is -0.116. The van der Waals surface area contributed by atoms with Crippen LogP contribution < -0.4 is 10.6 Å². The van der Waals surface area contributed by atoms with Crippen molar-refractivity contribution in [3.8, 4) is 0 Å². The monoisotopic (exact) mass is 323 g/mol. The summed E-state index contributed by atoms with van der Waals surface area (Å²) in [6.45, 7) is 1.25. The second-order valence-electron chi connectivity index (χ2n) is 4.44. The summed E-state index contributed by atoms with van der Waals surface area (Å²) in [5.74, 6) is -0.113. The molecular weight excluding hydrogens is 309 g/mol. The quantitative estimate of drug-likeness (QED) is 0.800. The van der Waals surface area contributed by atoms with Gasteiger partial charge in [-0.2, -0.15) is 0 Å². The number of amides is 1. The molecule has 1 amide bonds. The Hall–Kier alpha value is -1.62. The van der Waals surface area contributed by atoms with Crippen molar-refractivity contribution in [1.29, 1.82) is 0 Å². The number of benzene rings is 1. The summed E-state index contributed by atoms with van der Waals surface area (Å²) >= 11 is 11.9. The third kappa shape index (κ3) is 5.01. The first-order chi connectivity index (χ1) is 10.2. The molecule has 0 radical (unpaired) electrons. The van der Waals surface area contributed by atoms with Crippen LogP contribution in [-0.4, -0.2) is 17.4 Å². The first-order valence-corrected chi connectivity index (χ1v) is 7.26. The Morgan fingerprint density at radius 3 is 2.81 bits per heavy atom. The van der Waals surface area contributed by atoms with E-state index in [0.717, 1.165) is 5.56 Å². The Morgan fingerprint density at radius 1 is 1.19 bits per heavy atom. The van der Waals surface area contributed by atoms with Crippen LogP contribution in [0.2, 0.25) is 10.0 Å². The standard InChI is InChI=1S/C15H15Cl2N3O/c16-12-4-1-5-13(15(12)17)20-14(21)6-8-19-10-11-3-2-7-18-9-11/h1-5,7,9,19H,6,8,10H2,(H,20,21). The molecule has 2 rings (SSSR count). The van der Waals surface area contributed by atoms with Gasteiger partial charge in [0.05, 0.1) is 15.7 Å². The summed E-state index contributed by atoms with van der Waals surface area (Å²) in [6.07, 6.45) is 3.87. The number of pyridine rings is 1. The zero-order valence-electron chi connectivity index (χ0n) is 11.3. The van der Waals surface area contributed by atoms with Crippen LogP contribution in [0.4, 0.5) is 5.69 Å². The molecule has 0 aliphatic rings. The Balaban J connectivity index is 1.74. The number of hydrogen-bond acceptors (Lipinski definition) is 3. The van der Waals surface area contributed by atoms with Gasteiger partial charge in [-0.3, -0.25) is 9.78 Å². The van der Waals surface area contributed by atoms with E-state index in [1.165, 1.54) is 0 Å².